The van der Waals surface area contributed by atoms with Crippen molar-refractivity contribution < 1.29 is 9.53 Å². The first-order valence-electron chi connectivity index (χ1n) is 7.22. The van der Waals surface area contributed by atoms with Gasteiger partial charge in [-0.3, -0.25) is 4.79 Å². The second kappa shape index (κ2) is 6.02. The highest BCUT2D eigenvalue weighted by molar-refractivity contribution is 5.82. The molecule has 4 heteroatoms. The lowest BCUT2D eigenvalue weighted by Crippen LogP contribution is -2.46. The van der Waals surface area contributed by atoms with Gasteiger partial charge in [0.25, 0.3) is 0 Å². The van der Waals surface area contributed by atoms with E-state index in [-0.39, 0.29) is 18.1 Å². The molecule has 5 unspecified atom stereocenters. The Morgan fingerprint density at radius 3 is 2.78 bits per heavy atom. The summed E-state index contributed by atoms with van der Waals surface area (Å²) in [7, 11) is 1.71. The van der Waals surface area contributed by atoms with Gasteiger partial charge < -0.3 is 15.4 Å². The topological polar surface area (TPSA) is 50.4 Å². The van der Waals surface area contributed by atoms with E-state index in [0.717, 1.165) is 25.3 Å². The van der Waals surface area contributed by atoms with E-state index in [1.54, 1.807) is 7.11 Å². The van der Waals surface area contributed by atoms with Gasteiger partial charge in [0.05, 0.1) is 12.1 Å². The standard InChI is InChI=1S/C14H26N2O2/c1-4-10-5-6-12(9(10)2)16-14(17)13-7-11(18-3)8-15-13/h9-13,15H,4-8H2,1-3H3,(H,16,17). The van der Waals surface area contributed by atoms with Crippen LogP contribution in [0, 0.1) is 11.8 Å². The van der Waals surface area contributed by atoms with Crippen molar-refractivity contribution in [3.8, 4) is 0 Å². The maximum atomic E-state index is 12.2. The molecule has 0 radical (unpaired) electrons. The molecule has 4 nitrogen and oxygen atoms in total. The van der Waals surface area contributed by atoms with E-state index in [1.807, 2.05) is 0 Å². The van der Waals surface area contributed by atoms with Crippen molar-refractivity contribution in [2.45, 2.75) is 57.7 Å². The Morgan fingerprint density at radius 2 is 2.22 bits per heavy atom. The van der Waals surface area contributed by atoms with Gasteiger partial charge >= 0.3 is 0 Å². The first-order chi connectivity index (χ1) is 8.65. The summed E-state index contributed by atoms with van der Waals surface area (Å²) in [6.07, 6.45) is 4.58. The molecule has 0 bridgehead atoms. The summed E-state index contributed by atoms with van der Waals surface area (Å²) in [5.74, 6) is 1.54. The number of carbonyl (C=O) groups excluding carboxylic acids is 1. The monoisotopic (exact) mass is 254 g/mol. The molecule has 1 saturated heterocycles. The van der Waals surface area contributed by atoms with Gasteiger partial charge in [-0.25, -0.2) is 0 Å². The van der Waals surface area contributed by atoms with Crippen LogP contribution in [-0.2, 0) is 9.53 Å². The molecule has 1 saturated carbocycles. The van der Waals surface area contributed by atoms with E-state index in [9.17, 15) is 4.79 Å². The summed E-state index contributed by atoms with van der Waals surface area (Å²) in [5.41, 5.74) is 0. The minimum absolute atomic E-state index is 0.0668. The number of rotatable bonds is 4. The molecular formula is C14H26N2O2. The fourth-order valence-corrected chi connectivity index (χ4v) is 3.39. The van der Waals surface area contributed by atoms with Crippen LogP contribution in [0.3, 0.4) is 0 Å². The van der Waals surface area contributed by atoms with Gasteiger partial charge in [-0.15, -0.1) is 0 Å². The Hall–Kier alpha value is -0.610. The quantitative estimate of drug-likeness (QED) is 0.795. The van der Waals surface area contributed by atoms with Crippen LogP contribution < -0.4 is 10.6 Å². The smallest absolute Gasteiger partial charge is 0.237 e. The summed E-state index contributed by atoms with van der Waals surface area (Å²) in [6, 6.07) is 0.300. The van der Waals surface area contributed by atoms with E-state index < -0.39 is 0 Å². The van der Waals surface area contributed by atoms with Gasteiger partial charge in [0.1, 0.15) is 0 Å². The maximum absolute atomic E-state index is 12.2. The Morgan fingerprint density at radius 1 is 1.44 bits per heavy atom. The number of carbonyl (C=O) groups is 1. The largest absolute Gasteiger partial charge is 0.380 e. The number of ether oxygens (including phenoxy) is 1. The third kappa shape index (κ3) is 2.86. The molecule has 1 amide bonds. The molecule has 0 aromatic heterocycles. The fourth-order valence-electron chi connectivity index (χ4n) is 3.39. The van der Waals surface area contributed by atoms with Crippen LogP contribution in [0.2, 0.25) is 0 Å². The molecule has 2 N–H and O–H groups in total. The van der Waals surface area contributed by atoms with Crippen molar-refractivity contribution in [1.82, 2.24) is 10.6 Å². The summed E-state index contributed by atoms with van der Waals surface area (Å²) >= 11 is 0. The Balaban J connectivity index is 1.81. The molecule has 5 atom stereocenters. The van der Waals surface area contributed by atoms with E-state index in [1.165, 1.54) is 12.8 Å². The number of amides is 1. The summed E-state index contributed by atoms with van der Waals surface area (Å²) < 4.78 is 5.27. The minimum atomic E-state index is -0.0668. The fraction of sp³-hybridized carbons (Fsp3) is 0.929. The van der Waals surface area contributed by atoms with E-state index >= 15 is 0 Å². The van der Waals surface area contributed by atoms with Crippen LogP contribution in [0.5, 0.6) is 0 Å². The minimum Gasteiger partial charge on any atom is -0.380 e. The third-order valence-corrected chi connectivity index (χ3v) is 4.82. The van der Waals surface area contributed by atoms with Crippen LogP contribution in [0.4, 0.5) is 0 Å². The van der Waals surface area contributed by atoms with Gasteiger partial charge in [-0.2, -0.15) is 0 Å². The number of hydrogen-bond acceptors (Lipinski definition) is 3. The molecule has 18 heavy (non-hydrogen) atoms. The van der Waals surface area contributed by atoms with E-state index in [0.29, 0.717) is 12.0 Å². The highest BCUT2D eigenvalue weighted by Gasteiger charge is 2.35. The van der Waals surface area contributed by atoms with Crippen LogP contribution in [-0.4, -0.2) is 37.7 Å². The summed E-state index contributed by atoms with van der Waals surface area (Å²) in [6.45, 7) is 5.30. The predicted octanol–water partition coefficient (Wildman–Crippen LogP) is 1.30. The van der Waals surface area contributed by atoms with Crippen molar-refractivity contribution in [2.24, 2.45) is 11.8 Å². The van der Waals surface area contributed by atoms with Gasteiger partial charge in [0.2, 0.25) is 5.91 Å². The molecule has 104 valence electrons. The van der Waals surface area contributed by atoms with Crippen LogP contribution in [0.25, 0.3) is 0 Å². The maximum Gasteiger partial charge on any atom is 0.237 e. The normalized spacial score (nSPS) is 40.1. The Labute approximate surface area is 110 Å². The molecule has 1 aliphatic heterocycles. The van der Waals surface area contributed by atoms with Crippen LogP contribution >= 0.6 is 0 Å². The molecule has 0 aromatic rings. The third-order valence-electron chi connectivity index (χ3n) is 4.82. The first kappa shape index (κ1) is 13.8. The van der Waals surface area contributed by atoms with Crippen molar-refractivity contribution in [1.29, 1.82) is 0 Å². The number of methoxy groups -OCH3 is 1. The predicted molar refractivity (Wildman–Crippen MR) is 71.3 cm³/mol. The highest BCUT2D eigenvalue weighted by Crippen LogP contribution is 2.33. The zero-order valence-corrected chi connectivity index (χ0v) is 11.7. The Bertz CT molecular complexity index is 296. The molecular weight excluding hydrogens is 228 g/mol. The second-order valence-electron chi connectivity index (χ2n) is 5.77. The van der Waals surface area contributed by atoms with E-state index in [2.05, 4.69) is 24.5 Å². The molecule has 2 aliphatic rings. The molecule has 2 rings (SSSR count). The summed E-state index contributed by atoms with van der Waals surface area (Å²) in [4.78, 5) is 12.2. The molecule has 1 heterocycles. The Kier molecular flexibility index (Phi) is 4.62. The number of nitrogens with one attached hydrogen (secondary N) is 2. The highest BCUT2D eigenvalue weighted by atomic mass is 16.5. The number of hydrogen-bond donors (Lipinski definition) is 2. The van der Waals surface area contributed by atoms with Crippen molar-refractivity contribution >= 4 is 5.91 Å². The van der Waals surface area contributed by atoms with Crippen molar-refractivity contribution in [3.63, 3.8) is 0 Å². The van der Waals surface area contributed by atoms with Gasteiger partial charge in [-0.1, -0.05) is 20.3 Å². The van der Waals surface area contributed by atoms with Crippen molar-refractivity contribution in [2.75, 3.05) is 13.7 Å². The SMILES string of the molecule is CCC1CCC(NC(=O)C2CC(OC)CN2)C1C. The van der Waals surface area contributed by atoms with Gasteiger partial charge in [-0.05, 0) is 31.1 Å². The first-order valence-corrected chi connectivity index (χ1v) is 7.22. The lowest BCUT2D eigenvalue weighted by molar-refractivity contribution is -0.123. The second-order valence-corrected chi connectivity index (χ2v) is 5.77. The molecule has 0 aromatic carbocycles. The average Bonchev–Trinajstić information content (AvgIpc) is 2.97. The van der Waals surface area contributed by atoms with Crippen molar-refractivity contribution in [3.05, 3.63) is 0 Å². The lowest BCUT2D eigenvalue weighted by atomic mass is 9.93. The van der Waals surface area contributed by atoms with E-state index in [4.69, 9.17) is 4.74 Å². The molecule has 2 fully saturated rings. The van der Waals surface area contributed by atoms with Gasteiger partial charge in [0.15, 0.2) is 0 Å². The molecule has 1 aliphatic carbocycles. The summed E-state index contributed by atoms with van der Waals surface area (Å²) in [5, 5.41) is 6.46. The van der Waals surface area contributed by atoms with Crippen LogP contribution in [0.1, 0.15) is 39.5 Å². The lowest BCUT2D eigenvalue weighted by Gasteiger charge is -2.22. The molecule has 0 spiro atoms. The zero-order chi connectivity index (χ0) is 13.1. The average molecular weight is 254 g/mol. The zero-order valence-electron chi connectivity index (χ0n) is 11.7. The van der Waals surface area contributed by atoms with Gasteiger partial charge in [0, 0.05) is 19.7 Å². The van der Waals surface area contributed by atoms with Crippen LogP contribution in [0.15, 0.2) is 0 Å².